The summed E-state index contributed by atoms with van der Waals surface area (Å²) in [5.41, 5.74) is 5.52. The summed E-state index contributed by atoms with van der Waals surface area (Å²) in [5, 5.41) is 9.40. The van der Waals surface area contributed by atoms with Gasteiger partial charge in [0.2, 0.25) is 5.91 Å². The summed E-state index contributed by atoms with van der Waals surface area (Å²) in [7, 11) is 0. The lowest BCUT2D eigenvalue weighted by atomic mass is 10.00. The molecule has 0 spiro atoms. The van der Waals surface area contributed by atoms with E-state index in [1.807, 2.05) is 13.8 Å². The fraction of sp³-hybridized carbons (Fsp3) is 0.727. The summed E-state index contributed by atoms with van der Waals surface area (Å²) >= 11 is 0. The van der Waals surface area contributed by atoms with Crippen molar-refractivity contribution in [2.75, 3.05) is 6.54 Å². The number of carbonyl (C=O) groups is 1. The second-order valence-corrected chi connectivity index (χ2v) is 4.87. The lowest BCUT2D eigenvalue weighted by Gasteiger charge is -2.17. The van der Waals surface area contributed by atoms with Crippen LogP contribution in [0.2, 0.25) is 0 Å². The normalized spacial score (nSPS) is 11.5. The summed E-state index contributed by atoms with van der Waals surface area (Å²) in [6.07, 6.45) is 4.31. The van der Waals surface area contributed by atoms with E-state index in [2.05, 4.69) is 20.5 Å². The number of nitrogens with two attached hydrogens (primary N) is 1. The van der Waals surface area contributed by atoms with E-state index in [0.29, 0.717) is 19.4 Å². The first-order chi connectivity index (χ1) is 7.97. The van der Waals surface area contributed by atoms with Crippen molar-refractivity contribution >= 4 is 5.91 Å². The molecule has 0 aromatic carbocycles. The second-order valence-electron chi connectivity index (χ2n) is 4.87. The molecule has 0 bridgehead atoms. The highest BCUT2D eigenvalue weighted by molar-refractivity contribution is 5.75. The third kappa shape index (κ3) is 6.68. The van der Waals surface area contributed by atoms with Gasteiger partial charge in [0.1, 0.15) is 12.2 Å². The van der Waals surface area contributed by atoms with Gasteiger partial charge < -0.3 is 11.1 Å². The molecule has 1 aromatic rings. The van der Waals surface area contributed by atoms with Gasteiger partial charge in [-0.2, -0.15) is 5.10 Å². The molecule has 0 saturated carbocycles. The van der Waals surface area contributed by atoms with E-state index in [1.165, 1.54) is 6.33 Å². The number of rotatable bonds is 7. The molecule has 17 heavy (non-hydrogen) atoms. The number of hydrogen-bond acceptors (Lipinski definition) is 4. The smallest absolute Gasteiger partial charge is 0.220 e. The number of aryl methyl sites for hydroxylation is 1. The van der Waals surface area contributed by atoms with E-state index in [1.54, 1.807) is 0 Å². The lowest BCUT2D eigenvalue weighted by Crippen LogP contribution is -2.34. The van der Waals surface area contributed by atoms with Gasteiger partial charge in [-0.3, -0.25) is 9.89 Å². The average molecular weight is 239 g/mol. The van der Waals surface area contributed by atoms with Gasteiger partial charge in [0.05, 0.1) is 0 Å². The molecule has 0 saturated heterocycles. The maximum Gasteiger partial charge on any atom is 0.220 e. The number of carbonyl (C=O) groups excluding carboxylic acids is 1. The van der Waals surface area contributed by atoms with Gasteiger partial charge in [0.15, 0.2) is 0 Å². The molecule has 0 aliphatic carbocycles. The van der Waals surface area contributed by atoms with Crippen LogP contribution in [0, 0.1) is 0 Å². The molecule has 96 valence electrons. The number of nitrogens with one attached hydrogen (secondary N) is 2. The van der Waals surface area contributed by atoms with Gasteiger partial charge >= 0.3 is 0 Å². The number of aromatic nitrogens is 3. The van der Waals surface area contributed by atoms with Crippen LogP contribution in [0.1, 0.15) is 38.9 Å². The lowest BCUT2D eigenvalue weighted by molar-refractivity contribution is -0.121. The van der Waals surface area contributed by atoms with Crippen molar-refractivity contribution in [3.63, 3.8) is 0 Å². The highest BCUT2D eigenvalue weighted by Gasteiger charge is 2.12. The summed E-state index contributed by atoms with van der Waals surface area (Å²) in [6, 6.07) is 0. The number of hydrogen-bond donors (Lipinski definition) is 3. The topological polar surface area (TPSA) is 96.7 Å². The van der Waals surface area contributed by atoms with Crippen LogP contribution in [0.15, 0.2) is 6.33 Å². The monoisotopic (exact) mass is 239 g/mol. The molecule has 0 radical (unpaired) electrons. The fourth-order valence-corrected chi connectivity index (χ4v) is 1.36. The first kappa shape index (κ1) is 13.6. The zero-order valence-electron chi connectivity index (χ0n) is 10.5. The van der Waals surface area contributed by atoms with Crippen LogP contribution >= 0.6 is 0 Å². The van der Waals surface area contributed by atoms with Gasteiger partial charge in [-0.15, -0.1) is 0 Å². The number of H-pyrrole nitrogens is 1. The van der Waals surface area contributed by atoms with Crippen LogP contribution in [-0.2, 0) is 11.2 Å². The van der Waals surface area contributed by atoms with Crippen LogP contribution < -0.4 is 11.1 Å². The van der Waals surface area contributed by atoms with Gasteiger partial charge in [0, 0.05) is 24.9 Å². The Morgan fingerprint density at radius 3 is 2.94 bits per heavy atom. The Morgan fingerprint density at radius 2 is 2.35 bits per heavy atom. The van der Waals surface area contributed by atoms with Crippen molar-refractivity contribution in [1.82, 2.24) is 20.5 Å². The van der Waals surface area contributed by atoms with E-state index in [-0.39, 0.29) is 11.4 Å². The molecule has 0 atom stereocenters. The molecular weight excluding hydrogens is 218 g/mol. The first-order valence-electron chi connectivity index (χ1n) is 5.87. The Hall–Kier alpha value is -1.43. The Labute approximate surface area is 101 Å². The summed E-state index contributed by atoms with van der Waals surface area (Å²) < 4.78 is 0. The summed E-state index contributed by atoms with van der Waals surface area (Å²) in [4.78, 5) is 15.5. The van der Waals surface area contributed by atoms with Crippen molar-refractivity contribution in [2.45, 2.75) is 45.1 Å². The van der Waals surface area contributed by atoms with E-state index in [9.17, 15) is 4.79 Å². The minimum atomic E-state index is -0.281. The van der Waals surface area contributed by atoms with Gasteiger partial charge in [-0.1, -0.05) is 0 Å². The average Bonchev–Trinajstić information content (AvgIpc) is 2.73. The van der Waals surface area contributed by atoms with E-state index < -0.39 is 0 Å². The molecule has 1 heterocycles. The standard InChI is InChI=1S/C11H21N5O/c1-11(2,12)6-5-10(17)13-7-3-4-9-14-8-15-16-9/h8H,3-7,12H2,1-2H3,(H,13,17)(H,14,15,16). The Balaban J connectivity index is 2.04. The van der Waals surface area contributed by atoms with Gasteiger partial charge in [-0.05, 0) is 26.7 Å². The first-order valence-corrected chi connectivity index (χ1v) is 5.87. The highest BCUT2D eigenvalue weighted by Crippen LogP contribution is 2.06. The molecule has 0 aliphatic rings. The SMILES string of the molecule is CC(C)(N)CCC(=O)NCCCc1ncn[nH]1. The Morgan fingerprint density at radius 1 is 1.59 bits per heavy atom. The third-order valence-electron chi connectivity index (χ3n) is 2.37. The van der Waals surface area contributed by atoms with Crippen LogP contribution in [0.4, 0.5) is 0 Å². The van der Waals surface area contributed by atoms with Crippen LogP contribution in [0.5, 0.6) is 0 Å². The molecule has 6 heteroatoms. The van der Waals surface area contributed by atoms with Gasteiger partial charge in [-0.25, -0.2) is 4.98 Å². The predicted molar refractivity (Wildman–Crippen MR) is 65.2 cm³/mol. The minimum Gasteiger partial charge on any atom is -0.356 e. The molecule has 6 nitrogen and oxygen atoms in total. The molecular formula is C11H21N5O. The summed E-state index contributed by atoms with van der Waals surface area (Å²) in [5.74, 6) is 0.906. The third-order valence-corrected chi connectivity index (χ3v) is 2.37. The van der Waals surface area contributed by atoms with E-state index in [4.69, 9.17) is 5.73 Å². The minimum absolute atomic E-state index is 0.0566. The molecule has 0 fully saturated rings. The Bertz CT molecular complexity index is 328. The zero-order chi connectivity index (χ0) is 12.7. The van der Waals surface area contributed by atoms with Crippen molar-refractivity contribution in [3.05, 3.63) is 12.2 Å². The molecule has 1 amide bonds. The van der Waals surface area contributed by atoms with E-state index >= 15 is 0 Å². The maximum atomic E-state index is 11.4. The zero-order valence-corrected chi connectivity index (χ0v) is 10.5. The van der Waals surface area contributed by atoms with Crippen LogP contribution in [-0.4, -0.2) is 33.2 Å². The van der Waals surface area contributed by atoms with Crippen molar-refractivity contribution in [1.29, 1.82) is 0 Å². The second kappa shape index (κ2) is 6.34. The molecule has 0 unspecified atom stereocenters. The number of amides is 1. The molecule has 4 N–H and O–H groups in total. The molecule has 1 aromatic heterocycles. The van der Waals surface area contributed by atoms with Crippen molar-refractivity contribution < 1.29 is 4.79 Å². The highest BCUT2D eigenvalue weighted by atomic mass is 16.1. The number of nitrogens with zero attached hydrogens (tertiary/aromatic N) is 2. The van der Waals surface area contributed by atoms with E-state index in [0.717, 1.165) is 18.7 Å². The number of aromatic amines is 1. The van der Waals surface area contributed by atoms with Crippen LogP contribution in [0.25, 0.3) is 0 Å². The van der Waals surface area contributed by atoms with Gasteiger partial charge in [0.25, 0.3) is 0 Å². The van der Waals surface area contributed by atoms with Crippen LogP contribution in [0.3, 0.4) is 0 Å². The quantitative estimate of drug-likeness (QED) is 0.599. The molecule has 0 aliphatic heterocycles. The van der Waals surface area contributed by atoms with Crippen molar-refractivity contribution in [3.8, 4) is 0 Å². The largest absolute Gasteiger partial charge is 0.356 e. The maximum absolute atomic E-state index is 11.4. The Kier molecular flexibility index (Phi) is 5.09. The van der Waals surface area contributed by atoms with Crippen molar-refractivity contribution in [2.24, 2.45) is 5.73 Å². The summed E-state index contributed by atoms with van der Waals surface area (Å²) in [6.45, 7) is 4.50. The molecule has 1 rings (SSSR count). The predicted octanol–water partition coefficient (Wildman–Crippen LogP) is 0.371. The fourth-order valence-electron chi connectivity index (χ4n) is 1.36.